The Morgan fingerprint density at radius 1 is 1.50 bits per heavy atom. The van der Waals surface area contributed by atoms with Crippen molar-refractivity contribution >= 4 is 50.8 Å². The van der Waals surface area contributed by atoms with Gasteiger partial charge >= 0.3 is 0 Å². The number of fused-ring (bicyclic) bond motifs is 1. The number of carbonyl (C=O) groups excluding carboxylic acids is 1. The lowest BCUT2D eigenvalue weighted by Gasteiger charge is -2.13. The van der Waals surface area contributed by atoms with Crippen molar-refractivity contribution in [2.45, 2.75) is 25.1 Å². The number of halogens is 1. The molecule has 0 radical (unpaired) electrons. The fourth-order valence-corrected chi connectivity index (χ4v) is 4.97. The monoisotopic (exact) mass is 371 g/mol. The van der Waals surface area contributed by atoms with Gasteiger partial charge in [0.25, 0.3) is 0 Å². The van der Waals surface area contributed by atoms with Crippen LogP contribution in [0.25, 0.3) is 0 Å². The average molecular weight is 372 g/mol. The molecule has 0 saturated heterocycles. The lowest BCUT2D eigenvalue weighted by atomic mass is 10.2. The summed E-state index contributed by atoms with van der Waals surface area (Å²) in [4.78, 5) is 13.2. The standard InChI is InChI=1S/C13H14BrN3OS2/c1-7(2)17-13-8(5-15-17)12(19-6-11(18)16-13)9-3-4-10(14)20-9/h3-5,7,12H,6H2,1-2H3,(H,16,18). The first-order valence-electron chi connectivity index (χ1n) is 6.30. The van der Waals surface area contributed by atoms with E-state index in [0.29, 0.717) is 5.75 Å². The Morgan fingerprint density at radius 3 is 2.95 bits per heavy atom. The van der Waals surface area contributed by atoms with Crippen molar-refractivity contribution < 1.29 is 4.79 Å². The van der Waals surface area contributed by atoms with E-state index < -0.39 is 0 Å². The minimum atomic E-state index is 0.0387. The number of nitrogens with one attached hydrogen (secondary N) is 1. The molecular formula is C13H14BrN3OS2. The quantitative estimate of drug-likeness (QED) is 0.865. The Bertz CT molecular complexity index is 650. The van der Waals surface area contributed by atoms with Crippen molar-refractivity contribution in [3.8, 4) is 0 Å². The zero-order valence-electron chi connectivity index (χ0n) is 11.1. The molecule has 2 aromatic heterocycles. The largest absolute Gasteiger partial charge is 0.310 e. The van der Waals surface area contributed by atoms with E-state index in [0.717, 1.165) is 15.2 Å². The van der Waals surface area contributed by atoms with Gasteiger partial charge in [-0.15, -0.1) is 23.1 Å². The maximum Gasteiger partial charge on any atom is 0.235 e. The number of anilines is 1. The van der Waals surface area contributed by atoms with Crippen LogP contribution in [0.2, 0.25) is 0 Å². The third kappa shape index (κ3) is 2.54. The van der Waals surface area contributed by atoms with E-state index in [1.807, 2.05) is 16.9 Å². The van der Waals surface area contributed by atoms with Crippen LogP contribution in [0.1, 0.15) is 35.6 Å². The lowest BCUT2D eigenvalue weighted by molar-refractivity contribution is -0.113. The Balaban J connectivity index is 2.08. The summed E-state index contributed by atoms with van der Waals surface area (Å²) >= 11 is 6.86. The number of amides is 1. The number of thioether (sulfide) groups is 1. The molecule has 0 bridgehead atoms. The lowest BCUT2D eigenvalue weighted by Crippen LogP contribution is -2.17. The molecule has 20 heavy (non-hydrogen) atoms. The van der Waals surface area contributed by atoms with Crippen LogP contribution in [-0.4, -0.2) is 21.4 Å². The van der Waals surface area contributed by atoms with Crippen LogP contribution in [0.3, 0.4) is 0 Å². The molecule has 3 rings (SSSR count). The first kappa shape index (κ1) is 14.2. The fraction of sp³-hybridized carbons (Fsp3) is 0.385. The summed E-state index contributed by atoms with van der Waals surface area (Å²) in [5.41, 5.74) is 1.09. The van der Waals surface area contributed by atoms with Gasteiger partial charge in [-0.05, 0) is 41.9 Å². The van der Waals surface area contributed by atoms with Crippen molar-refractivity contribution in [3.63, 3.8) is 0 Å². The van der Waals surface area contributed by atoms with Crippen LogP contribution >= 0.6 is 39.0 Å². The number of nitrogens with zero attached hydrogens (tertiary/aromatic N) is 2. The summed E-state index contributed by atoms with van der Waals surface area (Å²) in [6, 6.07) is 4.38. The molecule has 2 aromatic rings. The molecule has 0 aromatic carbocycles. The number of thiophene rings is 1. The Hall–Kier alpha value is -0.790. The van der Waals surface area contributed by atoms with Crippen molar-refractivity contribution in [2.24, 2.45) is 0 Å². The van der Waals surface area contributed by atoms with E-state index >= 15 is 0 Å². The number of hydrogen-bond donors (Lipinski definition) is 1. The summed E-state index contributed by atoms with van der Waals surface area (Å²) in [6.45, 7) is 4.13. The average Bonchev–Trinajstić information content (AvgIpc) is 2.94. The maximum atomic E-state index is 11.9. The van der Waals surface area contributed by atoms with Crippen molar-refractivity contribution in [1.29, 1.82) is 0 Å². The Kier molecular flexibility index (Phi) is 3.92. The minimum absolute atomic E-state index is 0.0387. The highest BCUT2D eigenvalue weighted by atomic mass is 79.9. The van der Waals surface area contributed by atoms with Gasteiger partial charge in [0.15, 0.2) is 0 Å². The van der Waals surface area contributed by atoms with E-state index in [1.54, 1.807) is 23.1 Å². The second-order valence-electron chi connectivity index (χ2n) is 4.87. The summed E-state index contributed by atoms with van der Waals surface area (Å²) in [7, 11) is 0. The summed E-state index contributed by atoms with van der Waals surface area (Å²) in [5.74, 6) is 1.34. The topological polar surface area (TPSA) is 46.9 Å². The van der Waals surface area contributed by atoms with Gasteiger partial charge in [0.05, 0.1) is 21.0 Å². The second kappa shape index (κ2) is 5.54. The molecule has 3 heterocycles. The van der Waals surface area contributed by atoms with Crippen LogP contribution in [-0.2, 0) is 4.79 Å². The molecule has 1 N–H and O–H groups in total. The molecule has 7 heteroatoms. The minimum Gasteiger partial charge on any atom is -0.310 e. The predicted octanol–water partition coefficient (Wildman–Crippen LogP) is 4.06. The highest BCUT2D eigenvalue weighted by molar-refractivity contribution is 9.11. The molecule has 0 spiro atoms. The summed E-state index contributed by atoms with van der Waals surface area (Å²) in [6.07, 6.45) is 1.88. The summed E-state index contributed by atoms with van der Waals surface area (Å²) in [5, 5.41) is 7.59. The van der Waals surface area contributed by atoms with E-state index in [9.17, 15) is 4.79 Å². The van der Waals surface area contributed by atoms with Gasteiger partial charge in [-0.1, -0.05) is 0 Å². The Labute approximate surface area is 134 Å². The first-order valence-corrected chi connectivity index (χ1v) is 8.96. The van der Waals surface area contributed by atoms with Gasteiger partial charge in [0.2, 0.25) is 5.91 Å². The van der Waals surface area contributed by atoms with E-state index in [2.05, 4.69) is 46.3 Å². The molecular weight excluding hydrogens is 358 g/mol. The second-order valence-corrected chi connectivity index (χ2v) is 8.46. The van der Waals surface area contributed by atoms with Gasteiger partial charge in [-0.25, -0.2) is 4.68 Å². The van der Waals surface area contributed by atoms with Gasteiger partial charge < -0.3 is 5.32 Å². The van der Waals surface area contributed by atoms with E-state index in [1.165, 1.54) is 4.88 Å². The van der Waals surface area contributed by atoms with Crippen LogP contribution in [0.15, 0.2) is 22.1 Å². The number of rotatable bonds is 2. The Morgan fingerprint density at radius 2 is 2.30 bits per heavy atom. The molecule has 1 atom stereocenters. The molecule has 1 aliphatic heterocycles. The van der Waals surface area contributed by atoms with Crippen LogP contribution in [0.4, 0.5) is 5.82 Å². The molecule has 1 amide bonds. The van der Waals surface area contributed by atoms with Crippen LogP contribution in [0.5, 0.6) is 0 Å². The van der Waals surface area contributed by atoms with Gasteiger partial charge in [0.1, 0.15) is 5.82 Å². The first-order chi connectivity index (χ1) is 9.56. The van der Waals surface area contributed by atoms with Gasteiger partial charge in [0, 0.05) is 16.5 Å². The van der Waals surface area contributed by atoms with E-state index in [4.69, 9.17) is 0 Å². The maximum absolute atomic E-state index is 11.9. The smallest absolute Gasteiger partial charge is 0.235 e. The molecule has 0 fully saturated rings. The zero-order chi connectivity index (χ0) is 14.3. The van der Waals surface area contributed by atoms with Gasteiger partial charge in [-0.3, -0.25) is 4.79 Å². The number of aromatic nitrogens is 2. The molecule has 1 aliphatic rings. The van der Waals surface area contributed by atoms with Crippen LogP contribution < -0.4 is 5.32 Å². The SMILES string of the molecule is CC(C)n1ncc2c1NC(=O)CSC2c1ccc(Br)s1. The molecule has 0 saturated carbocycles. The van der Waals surface area contributed by atoms with Crippen molar-refractivity contribution in [2.75, 3.05) is 11.1 Å². The molecule has 1 unspecified atom stereocenters. The number of carbonyl (C=O) groups is 1. The summed E-state index contributed by atoms with van der Waals surface area (Å²) < 4.78 is 2.99. The predicted molar refractivity (Wildman–Crippen MR) is 87.6 cm³/mol. The highest BCUT2D eigenvalue weighted by Gasteiger charge is 2.29. The van der Waals surface area contributed by atoms with Crippen molar-refractivity contribution in [1.82, 2.24) is 9.78 Å². The van der Waals surface area contributed by atoms with E-state index in [-0.39, 0.29) is 17.2 Å². The number of hydrogen-bond acceptors (Lipinski definition) is 4. The fourth-order valence-electron chi connectivity index (χ4n) is 2.21. The third-order valence-electron chi connectivity index (χ3n) is 3.09. The normalized spacial score (nSPS) is 18.8. The third-order valence-corrected chi connectivity index (χ3v) is 6.19. The van der Waals surface area contributed by atoms with Gasteiger partial charge in [-0.2, -0.15) is 5.10 Å². The molecule has 0 aliphatic carbocycles. The van der Waals surface area contributed by atoms with Crippen molar-refractivity contribution in [3.05, 3.63) is 32.6 Å². The zero-order valence-corrected chi connectivity index (χ0v) is 14.3. The highest BCUT2D eigenvalue weighted by Crippen LogP contribution is 2.44. The molecule has 106 valence electrons. The van der Waals surface area contributed by atoms with Crippen LogP contribution in [0, 0.1) is 0 Å². The molecule has 4 nitrogen and oxygen atoms in total.